The maximum atomic E-state index is 5.21. The molecule has 2 aliphatic rings. The van der Waals surface area contributed by atoms with E-state index in [-0.39, 0.29) is 24.0 Å². The molecule has 31 heavy (non-hydrogen) atoms. The first-order valence-electron chi connectivity index (χ1n) is 11.7. The van der Waals surface area contributed by atoms with Crippen molar-refractivity contribution in [2.75, 3.05) is 72.6 Å². The topological polar surface area (TPSA) is 43.3 Å². The number of piperidine rings is 1. The molecular formula is C24H42IN5O. The summed E-state index contributed by atoms with van der Waals surface area (Å²) in [5, 5.41) is 3.53. The summed E-state index contributed by atoms with van der Waals surface area (Å²) >= 11 is 0. The maximum absolute atomic E-state index is 5.21. The SMILES string of the molecule is CCNC(=NCC1CCN(CCOC)CC1)N1CCN(Cc2cccc(C)c2)CC1.I. The molecule has 0 atom stereocenters. The summed E-state index contributed by atoms with van der Waals surface area (Å²) in [6.45, 7) is 15.8. The molecule has 0 amide bonds. The summed E-state index contributed by atoms with van der Waals surface area (Å²) in [6.07, 6.45) is 2.49. The highest BCUT2D eigenvalue weighted by Gasteiger charge is 2.22. The number of nitrogens with one attached hydrogen (secondary N) is 1. The smallest absolute Gasteiger partial charge is 0.194 e. The molecular weight excluding hydrogens is 501 g/mol. The number of nitrogens with zero attached hydrogens (tertiary/aromatic N) is 4. The first kappa shape index (κ1) is 26.4. The average Bonchev–Trinajstić information content (AvgIpc) is 2.76. The van der Waals surface area contributed by atoms with E-state index >= 15 is 0 Å². The number of hydrogen-bond donors (Lipinski definition) is 1. The second-order valence-corrected chi connectivity index (χ2v) is 8.72. The van der Waals surface area contributed by atoms with Gasteiger partial charge in [-0.25, -0.2) is 0 Å². The molecule has 1 aromatic carbocycles. The molecule has 0 unspecified atom stereocenters. The number of ether oxygens (including phenoxy) is 1. The molecule has 3 rings (SSSR count). The van der Waals surface area contributed by atoms with Crippen molar-refractivity contribution < 1.29 is 4.74 Å². The maximum Gasteiger partial charge on any atom is 0.194 e. The standard InChI is InChI=1S/C24H41N5O.HI/c1-4-25-24(26-19-22-8-10-27(11-9-22)16-17-30-3)29-14-12-28(13-15-29)20-23-7-5-6-21(2)18-23;/h5-7,18,22H,4,8-17,19-20H2,1-3H3,(H,25,26);1H. The summed E-state index contributed by atoms with van der Waals surface area (Å²) < 4.78 is 5.21. The van der Waals surface area contributed by atoms with Crippen LogP contribution < -0.4 is 5.32 Å². The molecule has 6 nitrogen and oxygen atoms in total. The van der Waals surface area contributed by atoms with E-state index in [0.29, 0.717) is 5.92 Å². The molecule has 1 N–H and O–H groups in total. The highest BCUT2D eigenvalue weighted by Crippen LogP contribution is 2.17. The molecule has 2 fully saturated rings. The van der Waals surface area contributed by atoms with Gasteiger partial charge in [0.05, 0.1) is 6.61 Å². The van der Waals surface area contributed by atoms with Crippen LogP contribution >= 0.6 is 24.0 Å². The Kier molecular flexibility index (Phi) is 12.1. The minimum atomic E-state index is 0. The Morgan fingerprint density at radius 3 is 2.48 bits per heavy atom. The van der Waals surface area contributed by atoms with Gasteiger partial charge in [-0.1, -0.05) is 29.8 Å². The number of piperazine rings is 1. The van der Waals surface area contributed by atoms with E-state index in [4.69, 9.17) is 9.73 Å². The lowest BCUT2D eigenvalue weighted by Gasteiger charge is -2.37. The van der Waals surface area contributed by atoms with Crippen LogP contribution in [-0.2, 0) is 11.3 Å². The summed E-state index contributed by atoms with van der Waals surface area (Å²) in [4.78, 5) is 12.6. The summed E-state index contributed by atoms with van der Waals surface area (Å²) in [7, 11) is 1.78. The quantitative estimate of drug-likeness (QED) is 0.310. The first-order chi connectivity index (χ1) is 14.7. The summed E-state index contributed by atoms with van der Waals surface area (Å²) in [5.41, 5.74) is 2.76. The van der Waals surface area contributed by atoms with Gasteiger partial charge in [0.1, 0.15) is 0 Å². The minimum Gasteiger partial charge on any atom is -0.383 e. The van der Waals surface area contributed by atoms with Gasteiger partial charge in [0.15, 0.2) is 5.96 Å². The lowest BCUT2D eigenvalue weighted by atomic mass is 9.97. The second-order valence-electron chi connectivity index (χ2n) is 8.72. The van der Waals surface area contributed by atoms with Crippen LogP contribution in [0.1, 0.15) is 30.9 Å². The third-order valence-corrected chi connectivity index (χ3v) is 6.31. The number of likely N-dealkylation sites (tertiary alicyclic amines) is 1. The molecule has 2 aliphatic heterocycles. The number of benzene rings is 1. The van der Waals surface area contributed by atoms with Crippen molar-refractivity contribution in [2.45, 2.75) is 33.2 Å². The zero-order valence-electron chi connectivity index (χ0n) is 19.7. The molecule has 7 heteroatoms. The fourth-order valence-corrected chi connectivity index (χ4v) is 4.44. The van der Waals surface area contributed by atoms with Gasteiger partial charge in [-0.2, -0.15) is 0 Å². The Morgan fingerprint density at radius 2 is 1.84 bits per heavy atom. The summed E-state index contributed by atoms with van der Waals surface area (Å²) in [6, 6.07) is 8.88. The zero-order chi connectivity index (χ0) is 21.2. The van der Waals surface area contributed by atoms with Crippen molar-refractivity contribution in [2.24, 2.45) is 10.9 Å². The van der Waals surface area contributed by atoms with Crippen LogP contribution in [-0.4, -0.2) is 93.3 Å². The third kappa shape index (κ3) is 8.86. The van der Waals surface area contributed by atoms with Crippen LogP contribution in [0.15, 0.2) is 29.3 Å². The molecule has 0 aliphatic carbocycles. The predicted octanol–water partition coefficient (Wildman–Crippen LogP) is 3.05. The molecule has 0 aromatic heterocycles. The van der Waals surface area contributed by atoms with Crippen molar-refractivity contribution in [3.63, 3.8) is 0 Å². The van der Waals surface area contributed by atoms with Gasteiger partial charge >= 0.3 is 0 Å². The Balaban J connectivity index is 0.00000341. The first-order valence-corrected chi connectivity index (χ1v) is 11.7. The zero-order valence-corrected chi connectivity index (χ0v) is 22.0. The Morgan fingerprint density at radius 1 is 1.10 bits per heavy atom. The van der Waals surface area contributed by atoms with Crippen molar-refractivity contribution in [1.82, 2.24) is 20.0 Å². The minimum absolute atomic E-state index is 0. The molecule has 0 radical (unpaired) electrons. The van der Waals surface area contributed by atoms with Crippen LogP contribution in [0.2, 0.25) is 0 Å². The second kappa shape index (κ2) is 14.3. The number of rotatable bonds is 8. The van der Waals surface area contributed by atoms with Crippen molar-refractivity contribution in [3.05, 3.63) is 35.4 Å². The monoisotopic (exact) mass is 543 g/mol. The van der Waals surface area contributed by atoms with Gasteiger partial charge in [-0.15, -0.1) is 24.0 Å². The number of aliphatic imine (C=N–C) groups is 1. The van der Waals surface area contributed by atoms with E-state index in [1.807, 2.05) is 0 Å². The molecule has 176 valence electrons. The Bertz CT molecular complexity index is 655. The van der Waals surface area contributed by atoms with Gasteiger partial charge in [-0.05, 0) is 51.3 Å². The van der Waals surface area contributed by atoms with E-state index in [9.17, 15) is 0 Å². The molecule has 0 spiro atoms. The van der Waals surface area contributed by atoms with Gasteiger partial charge in [0.25, 0.3) is 0 Å². The van der Waals surface area contributed by atoms with E-state index in [1.165, 1.54) is 37.1 Å². The number of hydrogen-bond acceptors (Lipinski definition) is 4. The van der Waals surface area contributed by atoms with Crippen LogP contribution in [0, 0.1) is 12.8 Å². The van der Waals surface area contributed by atoms with Crippen LogP contribution in [0.25, 0.3) is 0 Å². The number of aryl methyl sites for hydroxylation is 1. The van der Waals surface area contributed by atoms with Crippen molar-refractivity contribution >= 4 is 29.9 Å². The molecule has 1 aromatic rings. The number of methoxy groups -OCH3 is 1. The summed E-state index contributed by atoms with van der Waals surface area (Å²) in [5.74, 6) is 1.81. The van der Waals surface area contributed by atoms with Crippen molar-refractivity contribution in [1.29, 1.82) is 0 Å². The largest absolute Gasteiger partial charge is 0.383 e. The van der Waals surface area contributed by atoms with Gasteiger partial charge in [-0.3, -0.25) is 9.89 Å². The van der Waals surface area contributed by atoms with Crippen LogP contribution in [0.5, 0.6) is 0 Å². The molecule has 2 heterocycles. The highest BCUT2D eigenvalue weighted by atomic mass is 127. The van der Waals surface area contributed by atoms with E-state index in [2.05, 4.69) is 58.1 Å². The van der Waals surface area contributed by atoms with Gasteiger partial charge in [0, 0.05) is 59.5 Å². The molecule has 0 saturated carbocycles. The van der Waals surface area contributed by atoms with Crippen molar-refractivity contribution in [3.8, 4) is 0 Å². The normalized spacial score (nSPS) is 19.3. The fraction of sp³-hybridized carbons (Fsp3) is 0.708. The van der Waals surface area contributed by atoms with Crippen LogP contribution in [0.4, 0.5) is 0 Å². The van der Waals surface area contributed by atoms with Gasteiger partial charge < -0.3 is 19.9 Å². The third-order valence-electron chi connectivity index (χ3n) is 6.31. The lowest BCUT2D eigenvalue weighted by molar-refractivity contribution is 0.121. The average molecular weight is 544 g/mol. The Labute approximate surface area is 206 Å². The fourth-order valence-electron chi connectivity index (χ4n) is 4.44. The van der Waals surface area contributed by atoms with E-state index < -0.39 is 0 Å². The lowest BCUT2D eigenvalue weighted by Crippen LogP contribution is -2.52. The Hall–Kier alpha value is -0.900. The van der Waals surface area contributed by atoms with E-state index in [1.54, 1.807) is 7.11 Å². The number of guanidine groups is 1. The molecule has 2 saturated heterocycles. The van der Waals surface area contributed by atoms with Gasteiger partial charge in [0.2, 0.25) is 0 Å². The van der Waals surface area contributed by atoms with Crippen LogP contribution in [0.3, 0.4) is 0 Å². The number of halogens is 1. The van der Waals surface area contributed by atoms with E-state index in [0.717, 1.165) is 64.9 Å². The highest BCUT2D eigenvalue weighted by molar-refractivity contribution is 14.0. The molecule has 0 bridgehead atoms. The predicted molar refractivity (Wildman–Crippen MR) is 140 cm³/mol.